The van der Waals surface area contributed by atoms with E-state index in [-0.39, 0.29) is 35.4 Å². The number of hydrogen-bond donors (Lipinski definition) is 2. The molecule has 172 valence electrons. The first kappa shape index (κ1) is 26.9. The number of aliphatic hydroxyl groups is 2. The topological polar surface area (TPSA) is 83.8 Å². The zero-order valence-corrected chi connectivity index (χ0v) is 19.4. The number of hydrogen-bond acceptors (Lipinski definition) is 6. The van der Waals surface area contributed by atoms with Gasteiger partial charge in [-0.3, -0.25) is 9.59 Å². The second-order valence-corrected chi connectivity index (χ2v) is 9.31. The zero-order chi connectivity index (χ0) is 22.2. The van der Waals surface area contributed by atoms with Crippen LogP contribution in [0.15, 0.2) is 24.3 Å². The summed E-state index contributed by atoms with van der Waals surface area (Å²) in [5.74, 6) is 0.980. The van der Waals surface area contributed by atoms with Gasteiger partial charge in [0.1, 0.15) is 5.78 Å². The first-order chi connectivity index (χ1) is 14.5. The molecule has 0 bridgehead atoms. The molecule has 4 atom stereocenters. The maximum absolute atomic E-state index is 12.7. The van der Waals surface area contributed by atoms with Crippen LogP contribution in [-0.2, 0) is 14.3 Å². The smallest absolute Gasteiger partial charge is 0.305 e. The van der Waals surface area contributed by atoms with Gasteiger partial charge in [-0.1, -0.05) is 50.5 Å². The first-order valence-corrected chi connectivity index (χ1v) is 12.4. The van der Waals surface area contributed by atoms with Gasteiger partial charge in [-0.05, 0) is 43.8 Å². The Kier molecular flexibility index (Phi) is 14.9. The van der Waals surface area contributed by atoms with Gasteiger partial charge in [0, 0.05) is 30.6 Å². The largest absolute Gasteiger partial charge is 0.469 e. The molecule has 30 heavy (non-hydrogen) atoms. The van der Waals surface area contributed by atoms with Crippen molar-refractivity contribution in [3.05, 3.63) is 24.3 Å². The summed E-state index contributed by atoms with van der Waals surface area (Å²) in [6.07, 6.45) is 15.5. The zero-order valence-electron chi connectivity index (χ0n) is 18.6. The number of ketones is 1. The molecule has 6 heteroatoms. The number of Topliss-reactive ketones (excluding diaryl/α,β-unsaturated/α-hetero) is 1. The molecule has 0 aromatic heterocycles. The molecule has 0 aromatic rings. The van der Waals surface area contributed by atoms with Crippen molar-refractivity contribution in [2.75, 3.05) is 19.5 Å². The van der Waals surface area contributed by atoms with E-state index in [0.29, 0.717) is 19.3 Å². The van der Waals surface area contributed by atoms with Gasteiger partial charge in [-0.15, -0.1) is 0 Å². The molecule has 1 unspecified atom stereocenters. The number of carbonyl (C=O) groups is 2. The molecule has 0 saturated heterocycles. The second-order valence-electron chi connectivity index (χ2n) is 7.96. The highest BCUT2D eigenvalue weighted by Gasteiger charge is 2.40. The Bertz CT molecular complexity index is 546. The number of rotatable bonds is 16. The van der Waals surface area contributed by atoms with Crippen LogP contribution >= 0.6 is 11.8 Å². The van der Waals surface area contributed by atoms with Crippen LogP contribution in [0, 0.1) is 11.8 Å². The lowest BCUT2D eigenvalue weighted by Gasteiger charge is -2.20. The summed E-state index contributed by atoms with van der Waals surface area (Å²) in [5.41, 5.74) is 0. The van der Waals surface area contributed by atoms with Gasteiger partial charge < -0.3 is 14.9 Å². The molecule has 1 aliphatic carbocycles. The predicted molar refractivity (Wildman–Crippen MR) is 123 cm³/mol. The summed E-state index contributed by atoms with van der Waals surface area (Å²) in [7, 11) is 1.40. The van der Waals surface area contributed by atoms with Crippen molar-refractivity contribution >= 4 is 23.5 Å². The number of thioether (sulfide) groups is 1. The van der Waals surface area contributed by atoms with E-state index in [1.165, 1.54) is 7.11 Å². The maximum atomic E-state index is 12.7. The molecular formula is C24H40O5S. The Morgan fingerprint density at radius 1 is 1.27 bits per heavy atom. The minimum atomic E-state index is -0.454. The van der Waals surface area contributed by atoms with Crippen molar-refractivity contribution in [2.45, 2.75) is 82.5 Å². The molecule has 0 aliphatic heterocycles. The number of carbonyl (C=O) groups excluding carboxylic acids is 2. The second kappa shape index (κ2) is 16.6. The van der Waals surface area contributed by atoms with Crippen molar-refractivity contribution in [3.8, 4) is 0 Å². The van der Waals surface area contributed by atoms with E-state index in [0.717, 1.165) is 50.7 Å². The third-order valence-electron chi connectivity index (χ3n) is 5.54. The van der Waals surface area contributed by atoms with Crippen LogP contribution in [0.25, 0.3) is 0 Å². The van der Waals surface area contributed by atoms with Crippen molar-refractivity contribution in [3.63, 3.8) is 0 Å². The predicted octanol–water partition coefficient (Wildman–Crippen LogP) is 4.46. The number of methoxy groups -OCH3 is 1. The average molecular weight is 441 g/mol. The van der Waals surface area contributed by atoms with Crippen molar-refractivity contribution in [1.29, 1.82) is 0 Å². The molecule has 0 aromatic carbocycles. The number of ether oxygens (including phenoxy) is 1. The number of allylic oxidation sites excluding steroid dienone is 3. The van der Waals surface area contributed by atoms with Crippen molar-refractivity contribution in [1.82, 2.24) is 0 Å². The Hall–Kier alpha value is -1.11. The summed E-state index contributed by atoms with van der Waals surface area (Å²) in [4.78, 5) is 23.8. The Morgan fingerprint density at radius 2 is 2.07 bits per heavy atom. The fourth-order valence-corrected chi connectivity index (χ4v) is 5.14. The van der Waals surface area contributed by atoms with Crippen LogP contribution < -0.4 is 0 Å². The highest BCUT2D eigenvalue weighted by molar-refractivity contribution is 7.99. The molecule has 0 amide bonds. The summed E-state index contributed by atoms with van der Waals surface area (Å²) < 4.78 is 4.64. The molecule has 0 heterocycles. The maximum Gasteiger partial charge on any atom is 0.305 e. The minimum Gasteiger partial charge on any atom is -0.469 e. The number of esters is 1. The Balaban J connectivity index is 2.65. The van der Waals surface area contributed by atoms with Gasteiger partial charge in [-0.25, -0.2) is 0 Å². The summed E-state index contributed by atoms with van der Waals surface area (Å²) in [6.45, 7) is 2.32. The monoisotopic (exact) mass is 440 g/mol. The fourth-order valence-electron chi connectivity index (χ4n) is 3.76. The number of aliphatic hydroxyl groups excluding tert-OH is 2. The molecular weight excluding hydrogens is 400 g/mol. The lowest BCUT2D eigenvalue weighted by molar-refractivity contribution is -0.140. The third-order valence-corrected chi connectivity index (χ3v) is 6.97. The van der Waals surface area contributed by atoms with E-state index in [9.17, 15) is 14.7 Å². The van der Waals surface area contributed by atoms with E-state index in [1.54, 1.807) is 11.8 Å². The highest BCUT2D eigenvalue weighted by atomic mass is 32.2. The first-order valence-electron chi connectivity index (χ1n) is 11.4. The molecule has 0 spiro atoms. The lowest BCUT2D eigenvalue weighted by Crippen LogP contribution is -2.18. The van der Waals surface area contributed by atoms with E-state index < -0.39 is 6.10 Å². The van der Waals surface area contributed by atoms with Crippen LogP contribution in [0.4, 0.5) is 0 Å². The minimum absolute atomic E-state index is 0.0624. The normalized spacial score (nSPS) is 22.9. The van der Waals surface area contributed by atoms with Crippen molar-refractivity contribution < 1.29 is 24.5 Å². The van der Waals surface area contributed by atoms with Gasteiger partial charge in [0.15, 0.2) is 0 Å². The van der Waals surface area contributed by atoms with Crippen LogP contribution in [0.3, 0.4) is 0 Å². The number of unbranched alkanes of at least 4 members (excludes halogenated alkanes) is 3. The SMILES string of the molecule is CCCCC[C@H](O)/C=C/[C@H]1C(SCCCO)CC(=O)[C@@H]1C/C=C\CCCC(=O)OC. The molecule has 5 nitrogen and oxygen atoms in total. The van der Waals surface area contributed by atoms with Crippen LogP contribution in [0.2, 0.25) is 0 Å². The van der Waals surface area contributed by atoms with Gasteiger partial charge in [0.2, 0.25) is 0 Å². The molecule has 1 fully saturated rings. The summed E-state index contributed by atoms with van der Waals surface area (Å²) in [5, 5.41) is 19.5. The molecule has 2 N–H and O–H groups in total. The van der Waals surface area contributed by atoms with E-state index in [4.69, 9.17) is 5.11 Å². The van der Waals surface area contributed by atoms with E-state index in [2.05, 4.69) is 23.8 Å². The van der Waals surface area contributed by atoms with E-state index in [1.807, 2.05) is 12.2 Å². The molecule has 1 aliphatic rings. The van der Waals surface area contributed by atoms with Gasteiger partial charge >= 0.3 is 5.97 Å². The van der Waals surface area contributed by atoms with Crippen LogP contribution in [-0.4, -0.2) is 52.8 Å². The average Bonchev–Trinajstić information content (AvgIpc) is 3.03. The molecule has 1 saturated carbocycles. The van der Waals surface area contributed by atoms with Gasteiger partial charge in [-0.2, -0.15) is 11.8 Å². The Morgan fingerprint density at radius 3 is 2.77 bits per heavy atom. The van der Waals surface area contributed by atoms with Crippen molar-refractivity contribution in [2.24, 2.45) is 11.8 Å². The standard InChI is InChI=1S/C24H40O5S/c1-3-4-7-11-19(26)14-15-21-20(12-8-5-6-9-13-24(28)29-2)22(27)18-23(21)30-17-10-16-25/h5,8,14-15,19-21,23,25-26H,3-4,6-7,9-13,16-18H2,1-2H3/b8-5-,15-14+/t19-,20+,21+,23?/m0/s1. The molecule has 0 radical (unpaired) electrons. The van der Waals surface area contributed by atoms with E-state index >= 15 is 0 Å². The van der Waals surface area contributed by atoms with Gasteiger partial charge in [0.25, 0.3) is 0 Å². The summed E-state index contributed by atoms with van der Waals surface area (Å²) >= 11 is 1.76. The lowest BCUT2D eigenvalue weighted by atomic mass is 9.91. The summed E-state index contributed by atoms with van der Waals surface area (Å²) in [6, 6.07) is 0. The Labute approximate surface area is 186 Å². The highest BCUT2D eigenvalue weighted by Crippen LogP contribution is 2.40. The fraction of sp³-hybridized carbons (Fsp3) is 0.750. The van der Waals surface area contributed by atoms with Crippen LogP contribution in [0.5, 0.6) is 0 Å². The van der Waals surface area contributed by atoms with Crippen LogP contribution in [0.1, 0.15) is 71.1 Å². The van der Waals surface area contributed by atoms with Gasteiger partial charge in [0.05, 0.1) is 13.2 Å². The quantitative estimate of drug-likeness (QED) is 0.209. The third kappa shape index (κ3) is 10.8. The molecule has 1 rings (SSSR count).